The maximum atomic E-state index is 6.28. The van der Waals surface area contributed by atoms with E-state index in [9.17, 15) is 0 Å². The van der Waals surface area contributed by atoms with Crippen LogP contribution in [0.25, 0.3) is 22.0 Å². The first-order valence-electron chi connectivity index (χ1n) is 7.82. The van der Waals surface area contributed by atoms with Crippen molar-refractivity contribution < 1.29 is 0 Å². The minimum atomic E-state index is 0.829. The summed E-state index contributed by atoms with van der Waals surface area (Å²) in [6.45, 7) is 5.23. The van der Waals surface area contributed by atoms with Crippen molar-refractivity contribution >= 4 is 22.5 Å². The third kappa shape index (κ3) is 2.23. The predicted molar refractivity (Wildman–Crippen MR) is 93.7 cm³/mol. The maximum Gasteiger partial charge on any atom is 0.0489 e. The molecule has 1 aliphatic heterocycles. The van der Waals surface area contributed by atoms with E-state index in [2.05, 4.69) is 47.1 Å². The highest BCUT2D eigenvalue weighted by Gasteiger charge is 2.13. The van der Waals surface area contributed by atoms with Gasteiger partial charge in [-0.3, -0.25) is 0 Å². The number of hydrogen-bond donors (Lipinski definition) is 1. The Bertz CT molecular complexity index is 848. The molecule has 3 aromatic rings. The molecule has 1 N–H and O–H groups in total. The van der Waals surface area contributed by atoms with Crippen LogP contribution < -0.4 is 5.32 Å². The van der Waals surface area contributed by atoms with E-state index in [0.717, 1.165) is 36.6 Å². The van der Waals surface area contributed by atoms with Gasteiger partial charge in [-0.05, 0) is 47.2 Å². The summed E-state index contributed by atoms with van der Waals surface area (Å²) in [4.78, 5) is 0. The molecule has 0 saturated heterocycles. The molecule has 112 valence electrons. The van der Waals surface area contributed by atoms with Crippen LogP contribution in [0.5, 0.6) is 0 Å². The lowest BCUT2D eigenvalue weighted by Gasteiger charge is -2.10. The van der Waals surface area contributed by atoms with Crippen LogP contribution in [0.15, 0.2) is 42.5 Å². The molecule has 0 bridgehead atoms. The number of benzene rings is 2. The second kappa shape index (κ2) is 5.45. The minimum Gasteiger partial charge on any atom is -0.343 e. The van der Waals surface area contributed by atoms with Gasteiger partial charge in [0.05, 0.1) is 0 Å². The summed E-state index contributed by atoms with van der Waals surface area (Å²) in [6, 6.07) is 15.2. The van der Waals surface area contributed by atoms with Gasteiger partial charge in [0.15, 0.2) is 0 Å². The van der Waals surface area contributed by atoms with Crippen LogP contribution in [-0.2, 0) is 13.0 Å². The molecule has 0 unspecified atom stereocenters. The SMILES string of the molecule is Cc1c(Cl)cccc1-c1ccc2cc3n(c2c1)CCNCC3. The summed E-state index contributed by atoms with van der Waals surface area (Å²) in [6.07, 6.45) is 1.10. The quantitative estimate of drug-likeness (QED) is 0.704. The summed E-state index contributed by atoms with van der Waals surface area (Å²) < 4.78 is 2.46. The molecule has 22 heavy (non-hydrogen) atoms. The fourth-order valence-electron chi connectivity index (χ4n) is 3.40. The average molecular weight is 311 g/mol. The zero-order valence-corrected chi connectivity index (χ0v) is 13.5. The first kappa shape index (κ1) is 13.9. The molecule has 0 saturated carbocycles. The van der Waals surface area contributed by atoms with Crippen molar-refractivity contribution in [1.29, 1.82) is 0 Å². The highest BCUT2D eigenvalue weighted by atomic mass is 35.5. The summed E-state index contributed by atoms with van der Waals surface area (Å²) in [5.41, 5.74) is 6.37. The fourth-order valence-corrected chi connectivity index (χ4v) is 3.58. The van der Waals surface area contributed by atoms with Crippen molar-refractivity contribution in [3.05, 3.63) is 58.7 Å². The topological polar surface area (TPSA) is 17.0 Å². The lowest BCUT2D eigenvalue weighted by molar-refractivity contribution is 0.658. The lowest BCUT2D eigenvalue weighted by atomic mass is 10.00. The Balaban J connectivity index is 1.90. The van der Waals surface area contributed by atoms with Gasteiger partial charge in [-0.1, -0.05) is 35.9 Å². The number of nitrogens with one attached hydrogen (secondary N) is 1. The van der Waals surface area contributed by atoms with Crippen LogP contribution in [-0.4, -0.2) is 17.7 Å². The first-order chi connectivity index (χ1) is 10.7. The van der Waals surface area contributed by atoms with E-state index in [1.165, 1.54) is 27.7 Å². The Hall–Kier alpha value is -1.77. The van der Waals surface area contributed by atoms with E-state index in [1.807, 2.05) is 12.1 Å². The van der Waals surface area contributed by atoms with Crippen molar-refractivity contribution in [1.82, 2.24) is 9.88 Å². The Morgan fingerprint density at radius 1 is 1.09 bits per heavy atom. The van der Waals surface area contributed by atoms with Gasteiger partial charge >= 0.3 is 0 Å². The van der Waals surface area contributed by atoms with Crippen LogP contribution in [0.4, 0.5) is 0 Å². The summed E-state index contributed by atoms with van der Waals surface area (Å²) in [7, 11) is 0. The molecule has 0 aliphatic carbocycles. The second-order valence-electron chi connectivity index (χ2n) is 5.97. The van der Waals surface area contributed by atoms with E-state index < -0.39 is 0 Å². The van der Waals surface area contributed by atoms with Gasteiger partial charge in [-0.2, -0.15) is 0 Å². The Kier molecular flexibility index (Phi) is 3.44. The standard InChI is InChI=1S/C19H19ClN2/c1-13-17(3-2-4-18(13)20)14-5-6-15-11-16-7-8-21-9-10-22(16)19(15)12-14/h2-6,11-12,21H,7-10H2,1H3. The van der Waals surface area contributed by atoms with Gasteiger partial charge in [0.25, 0.3) is 0 Å². The van der Waals surface area contributed by atoms with E-state index >= 15 is 0 Å². The highest BCUT2D eigenvalue weighted by molar-refractivity contribution is 6.31. The van der Waals surface area contributed by atoms with E-state index in [-0.39, 0.29) is 0 Å². The van der Waals surface area contributed by atoms with Crippen molar-refractivity contribution in [2.45, 2.75) is 19.9 Å². The molecule has 3 heteroatoms. The number of hydrogen-bond acceptors (Lipinski definition) is 1. The molecule has 2 aromatic carbocycles. The van der Waals surface area contributed by atoms with Crippen LogP contribution in [0.3, 0.4) is 0 Å². The molecule has 1 aliphatic rings. The molecule has 0 radical (unpaired) electrons. The van der Waals surface area contributed by atoms with E-state index in [0.29, 0.717) is 0 Å². The van der Waals surface area contributed by atoms with Gasteiger partial charge in [0.2, 0.25) is 0 Å². The van der Waals surface area contributed by atoms with Crippen LogP contribution in [0.1, 0.15) is 11.3 Å². The Morgan fingerprint density at radius 3 is 2.91 bits per heavy atom. The Morgan fingerprint density at radius 2 is 2.00 bits per heavy atom. The number of aromatic nitrogens is 1. The van der Waals surface area contributed by atoms with Crippen LogP contribution in [0, 0.1) is 6.92 Å². The van der Waals surface area contributed by atoms with Crippen LogP contribution >= 0.6 is 11.6 Å². The van der Waals surface area contributed by atoms with Gasteiger partial charge in [0.1, 0.15) is 0 Å². The van der Waals surface area contributed by atoms with Gasteiger partial charge in [-0.15, -0.1) is 0 Å². The molecule has 4 rings (SSSR count). The maximum absolute atomic E-state index is 6.28. The normalized spacial score (nSPS) is 14.8. The number of nitrogens with zero attached hydrogens (tertiary/aromatic N) is 1. The molecule has 0 spiro atoms. The molecule has 0 amide bonds. The number of halogens is 1. The predicted octanol–water partition coefficient (Wildman–Crippen LogP) is 4.42. The molecular weight excluding hydrogens is 292 g/mol. The zero-order chi connectivity index (χ0) is 15.1. The molecular formula is C19H19ClN2. The average Bonchev–Trinajstić information content (AvgIpc) is 2.71. The van der Waals surface area contributed by atoms with Gasteiger partial charge in [0, 0.05) is 42.3 Å². The smallest absolute Gasteiger partial charge is 0.0489 e. The highest BCUT2D eigenvalue weighted by Crippen LogP contribution is 2.31. The summed E-state index contributed by atoms with van der Waals surface area (Å²) >= 11 is 6.28. The van der Waals surface area contributed by atoms with Gasteiger partial charge < -0.3 is 9.88 Å². The summed E-state index contributed by atoms with van der Waals surface area (Å²) in [5, 5.41) is 5.63. The Labute approximate surface area is 135 Å². The number of fused-ring (bicyclic) bond motifs is 3. The largest absolute Gasteiger partial charge is 0.343 e. The van der Waals surface area contributed by atoms with Crippen molar-refractivity contribution in [2.24, 2.45) is 0 Å². The zero-order valence-electron chi connectivity index (χ0n) is 12.7. The monoisotopic (exact) mass is 310 g/mol. The second-order valence-corrected chi connectivity index (χ2v) is 6.38. The van der Waals surface area contributed by atoms with Gasteiger partial charge in [-0.25, -0.2) is 0 Å². The van der Waals surface area contributed by atoms with Crippen molar-refractivity contribution in [2.75, 3.05) is 13.1 Å². The molecule has 2 heterocycles. The van der Waals surface area contributed by atoms with Crippen LogP contribution in [0.2, 0.25) is 5.02 Å². The third-order valence-electron chi connectivity index (χ3n) is 4.64. The van der Waals surface area contributed by atoms with E-state index in [4.69, 9.17) is 11.6 Å². The number of rotatable bonds is 1. The molecule has 0 fully saturated rings. The van der Waals surface area contributed by atoms with Crippen molar-refractivity contribution in [3.63, 3.8) is 0 Å². The van der Waals surface area contributed by atoms with E-state index in [1.54, 1.807) is 0 Å². The fraction of sp³-hybridized carbons (Fsp3) is 0.263. The molecule has 2 nitrogen and oxygen atoms in total. The summed E-state index contributed by atoms with van der Waals surface area (Å²) in [5.74, 6) is 0. The third-order valence-corrected chi connectivity index (χ3v) is 5.05. The molecule has 1 aromatic heterocycles. The molecule has 0 atom stereocenters. The lowest BCUT2D eigenvalue weighted by Crippen LogP contribution is -2.17. The van der Waals surface area contributed by atoms with Crippen molar-refractivity contribution in [3.8, 4) is 11.1 Å². The first-order valence-corrected chi connectivity index (χ1v) is 8.20. The minimum absolute atomic E-state index is 0.829.